The second-order valence-electron chi connectivity index (χ2n) is 5.14. The van der Waals surface area contributed by atoms with Crippen LogP contribution in [0.4, 0.5) is 0 Å². The normalized spacial score (nSPS) is 16.3. The molecule has 2 aromatic carbocycles. The maximum absolute atomic E-state index is 5.74. The zero-order chi connectivity index (χ0) is 14.7. The van der Waals surface area contributed by atoms with Crippen LogP contribution in [-0.4, -0.2) is 12.3 Å². The molecule has 2 aromatic rings. The van der Waals surface area contributed by atoms with E-state index in [0.717, 1.165) is 22.6 Å². The molecule has 0 spiro atoms. The van der Waals surface area contributed by atoms with Gasteiger partial charge < -0.3 is 4.74 Å². The van der Waals surface area contributed by atoms with Gasteiger partial charge in [-0.1, -0.05) is 60.7 Å². The van der Waals surface area contributed by atoms with Crippen LogP contribution in [0.2, 0.25) is 0 Å². The van der Waals surface area contributed by atoms with Gasteiger partial charge in [-0.05, 0) is 31.1 Å². The predicted molar refractivity (Wildman–Crippen MR) is 86.5 cm³/mol. The second-order valence-corrected chi connectivity index (χ2v) is 5.14. The van der Waals surface area contributed by atoms with Crippen LogP contribution >= 0.6 is 0 Å². The smallest absolute Gasteiger partial charge is 0.139 e. The number of hydrogen-bond acceptors (Lipinski definition) is 2. The van der Waals surface area contributed by atoms with E-state index in [2.05, 4.69) is 54.6 Å². The number of aliphatic imine (C=N–C) groups is 1. The molecule has 1 aliphatic heterocycles. The second kappa shape index (κ2) is 5.57. The molecular weight excluding hydrogens is 258 g/mol. The summed E-state index contributed by atoms with van der Waals surface area (Å²) in [5.41, 5.74) is 2.79. The van der Waals surface area contributed by atoms with E-state index in [1.54, 1.807) is 0 Å². The van der Waals surface area contributed by atoms with Gasteiger partial charge in [-0.3, -0.25) is 4.99 Å². The molecule has 0 amide bonds. The van der Waals surface area contributed by atoms with Crippen molar-refractivity contribution in [1.82, 2.24) is 0 Å². The Morgan fingerprint density at radius 3 is 1.90 bits per heavy atom. The fourth-order valence-electron chi connectivity index (χ4n) is 2.79. The number of benzene rings is 2. The lowest BCUT2D eigenvalue weighted by molar-refractivity contribution is 0.249. The average molecular weight is 277 g/mol. The zero-order valence-electron chi connectivity index (χ0n) is 12.4. The average Bonchev–Trinajstić information content (AvgIpc) is 2.88. The third-order valence-corrected chi connectivity index (χ3v) is 3.77. The van der Waals surface area contributed by atoms with Crippen molar-refractivity contribution in [2.75, 3.05) is 6.61 Å². The first-order chi connectivity index (χ1) is 10.3. The van der Waals surface area contributed by atoms with E-state index in [0.29, 0.717) is 6.61 Å². The molecule has 0 radical (unpaired) electrons. The van der Waals surface area contributed by atoms with E-state index in [4.69, 9.17) is 9.73 Å². The molecule has 2 nitrogen and oxygen atoms in total. The predicted octanol–water partition coefficient (Wildman–Crippen LogP) is 4.33. The van der Waals surface area contributed by atoms with E-state index in [9.17, 15) is 0 Å². The molecule has 0 fully saturated rings. The van der Waals surface area contributed by atoms with Crippen molar-refractivity contribution >= 4 is 5.71 Å². The van der Waals surface area contributed by atoms with Crippen LogP contribution < -0.4 is 0 Å². The molecule has 106 valence electrons. The first-order valence-electron chi connectivity index (χ1n) is 7.30. The van der Waals surface area contributed by atoms with Crippen molar-refractivity contribution in [2.45, 2.75) is 19.4 Å². The highest BCUT2D eigenvalue weighted by molar-refractivity contribution is 5.99. The third-order valence-electron chi connectivity index (χ3n) is 3.77. The van der Waals surface area contributed by atoms with Crippen LogP contribution in [0.5, 0.6) is 0 Å². The van der Waals surface area contributed by atoms with Crippen LogP contribution in [-0.2, 0) is 10.3 Å². The first kappa shape index (κ1) is 13.6. The van der Waals surface area contributed by atoms with E-state index >= 15 is 0 Å². The van der Waals surface area contributed by atoms with Gasteiger partial charge in [0, 0.05) is 0 Å². The molecule has 0 N–H and O–H groups in total. The van der Waals surface area contributed by atoms with Gasteiger partial charge in [0.15, 0.2) is 0 Å². The Morgan fingerprint density at radius 1 is 0.905 bits per heavy atom. The molecule has 0 unspecified atom stereocenters. The van der Waals surface area contributed by atoms with Crippen molar-refractivity contribution in [1.29, 1.82) is 0 Å². The largest absolute Gasteiger partial charge is 0.492 e. The van der Waals surface area contributed by atoms with Crippen molar-refractivity contribution in [3.05, 3.63) is 83.6 Å². The summed E-state index contributed by atoms with van der Waals surface area (Å²) >= 11 is 0. The van der Waals surface area contributed by atoms with Gasteiger partial charge in [0.25, 0.3) is 0 Å². The summed E-state index contributed by atoms with van der Waals surface area (Å²) in [6.07, 6.45) is 2.14. The first-order valence-corrected chi connectivity index (χ1v) is 7.30. The van der Waals surface area contributed by atoms with Crippen molar-refractivity contribution in [3.8, 4) is 0 Å². The Balaban J connectivity index is 2.19. The Hall–Kier alpha value is -2.35. The Labute approximate surface area is 125 Å². The zero-order valence-corrected chi connectivity index (χ0v) is 12.4. The summed E-state index contributed by atoms with van der Waals surface area (Å²) in [6, 6.07) is 20.7. The van der Waals surface area contributed by atoms with E-state index < -0.39 is 5.54 Å². The summed E-state index contributed by atoms with van der Waals surface area (Å²) in [7, 11) is 0. The van der Waals surface area contributed by atoms with Gasteiger partial charge in [-0.15, -0.1) is 0 Å². The van der Waals surface area contributed by atoms with Crippen molar-refractivity contribution < 1.29 is 4.74 Å². The van der Waals surface area contributed by atoms with Gasteiger partial charge >= 0.3 is 0 Å². The van der Waals surface area contributed by atoms with Crippen molar-refractivity contribution in [2.24, 2.45) is 4.99 Å². The summed E-state index contributed by atoms with van der Waals surface area (Å²) < 4.78 is 5.74. The lowest BCUT2D eigenvalue weighted by Gasteiger charge is -2.25. The maximum atomic E-state index is 5.74. The Kier molecular flexibility index (Phi) is 3.61. The highest BCUT2D eigenvalue weighted by Crippen LogP contribution is 2.40. The quantitative estimate of drug-likeness (QED) is 0.815. The summed E-state index contributed by atoms with van der Waals surface area (Å²) in [4.78, 5) is 4.96. The Morgan fingerprint density at radius 2 is 1.43 bits per heavy atom. The molecule has 21 heavy (non-hydrogen) atoms. The number of nitrogens with zero attached hydrogens (tertiary/aromatic N) is 1. The summed E-state index contributed by atoms with van der Waals surface area (Å²) in [5, 5.41) is 0. The molecule has 0 bridgehead atoms. The summed E-state index contributed by atoms with van der Waals surface area (Å²) in [5.74, 6) is 0.880. The third kappa shape index (κ3) is 2.38. The molecule has 0 saturated heterocycles. The van der Waals surface area contributed by atoms with Crippen molar-refractivity contribution in [3.63, 3.8) is 0 Å². The van der Waals surface area contributed by atoms with E-state index in [1.807, 2.05) is 26.0 Å². The monoisotopic (exact) mass is 277 g/mol. The van der Waals surface area contributed by atoms with Gasteiger partial charge in [-0.2, -0.15) is 0 Å². The molecule has 0 aromatic heterocycles. The lowest BCUT2D eigenvalue weighted by Crippen LogP contribution is -2.21. The SMILES string of the molecule is CCOC1=CC(c2ccccc2)(c2ccccc2)N=C1C. The van der Waals surface area contributed by atoms with Crippen LogP contribution in [0.15, 0.2) is 77.5 Å². The Bertz CT molecular complexity index is 632. The maximum Gasteiger partial charge on any atom is 0.139 e. The highest BCUT2D eigenvalue weighted by Gasteiger charge is 2.37. The molecule has 1 heterocycles. The molecule has 0 atom stereocenters. The highest BCUT2D eigenvalue weighted by atomic mass is 16.5. The van der Waals surface area contributed by atoms with E-state index in [-0.39, 0.29) is 0 Å². The van der Waals surface area contributed by atoms with Crippen LogP contribution in [0.3, 0.4) is 0 Å². The lowest BCUT2D eigenvalue weighted by atomic mass is 9.84. The van der Waals surface area contributed by atoms with Crippen LogP contribution in [0, 0.1) is 0 Å². The van der Waals surface area contributed by atoms with Gasteiger partial charge in [-0.25, -0.2) is 0 Å². The molecule has 0 aliphatic carbocycles. The van der Waals surface area contributed by atoms with Crippen LogP contribution in [0.25, 0.3) is 0 Å². The van der Waals surface area contributed by atoms with Gasteiger partial charge in [0.1, 0.15) is 11.3 Å². The molecule has 3 rings (SSSR count). The molecule has 1 aliphatic rings. The fraction of sp³-hybridized carbons (Fsp3) is 0.211. The van der Waals surface area contributed by atoms with Gasteiger partial charge in [0.05, 0.1) is 12.3 Å². The van der Waals surface area contributed by atoms with E-state index in [1.165, 1.54) is 0 Å². The standard InChI is InChI=1S/C19H19NO/c1-3-21-18-14-19(20-15(18)2,16-10-6-4-7-11-16)17-12-8-5-9-13-17/h4-14H,3H2,1-2H3. The minimum atomic E-state index is -0.475. The fourth-order valence-corrected chi connectivity index (χ4v) is 2.79. The minimum Gasteiger partial charge on any atom is -0.492 e. The number of rotatable bonds is 4. The molecule has 0 saturated carbocycles. The van der Waals surface area contributed by atoms with Crippen LogP contribution in [0.1, 0.15) is 25.0 Å². The number of hydrogen-bond donors (Lipinski definition) is 0. The topological polar surface area (TPSA) is 21.6 Å². The minimum absolute atomic E-state index is 0.475. The molecule has 2 heteroatoms. The molecular formula is C19H19NO. The van der Waals surface area contributed by atoms with Gasteiger partial charge in [0.2, 0.25) is 0 Å². The summed E-state index contributed by atoms with van der Waals surface area (Å²) in [6.45, 7) is 4.66. The number of ether oxygens (including phenoxy) is 1. The number of allylic oxidation sites excluding steroid dienone is 1.